The Morgan fingerprint density at radius 3 is 1.70 bits per heavy atom. The van der Waals surface area contributed by atoms with E-state index in [1.807, 2.05) is 26.0 Å². The van der Waals surface area contributed by atoms with Gasteiger partial charge in [-0.15, -0.1) is 0 Å². The lowest BCUT2D eigenvalue weighted by atomic mass is 9.97. The van der Waals surface area contributed by atoms with Crippen LogP contribution in [0.5, 0.6) is 0 Å². The second kappa shape index (κ2) is 7.92. The monoisotopic (exact) mass is 446 g/mol. The van der Waals surface area contributed by atoms with Crippen LogP contribution in [-0.2, 0) is 20.0 Å². The van der Waals surface area contributed by atoms with Crippen molar-refractivity contribution in [3.05, 3.63) is 71.8 Å². The molecule has 1 saturated heterocycles. The molecule has 2 unspecified atom stereocenters. The van der Waals surface area contributed by atoms with Gasteiger partial charge in [-0.3, -0.25) is 0 Å². The van der Waals surface area contributed by atoms with E-state index in [9.17, 15) is 16.8 Å². The molecule has 1 fully saturated rings. The van der Waals surface area contributed by atoms with Crippen LogP contribution in [-0.4, -0.2) is 51.6 Å². The fourth-order valence-corrected chi connectivity index (χ4v) is 7.05. The summed E-state index contributed by atoms with van der Waals surface area (Å²) in [7, 11) is -7.24. The van der Waals surface area contributed by atoms with Crippen LogP contribution in [0.2, 0.25) is 0 Å². The van der Waals surface area contributed by atoms with Gasteiger partial charge in [0.05, 0.1) is 9.79 Å². The summed E-state index contributed by atoms with van der Waals surface area (Å²) in [6.45, 7) is 5.11. The van der Waals surface area contributed by atoms with E-state index in [2.05, 4.69) is 0 Å². The molecule has 30 heavy (non-hydrogen) atoms. The Bertz CT molecular complexity index is 1150. The van der Waals surface area contributed by atoms with Gasteiger partial charge in [0, 0.05) is 26.2 Å². The van der Waals surface area contributed by atoms with Crippen LogP contribution in [0.25, 0.3) is 0 Å². The molecule has 4 rings (SSSR count). The van der Waals surface area contributed by atoms with Gasteiger partial charge in [-0.1, -0.05) is 47.5 Å². The van der Waals surface area contributed by atoms with Crippen LogP contribution in [0.1, 0.15) is 11.1 Å². The number of sulfonamides is 2. The fraction of sp³-hybridized carbons (Fsp3) is 0.364. The largest absolute Gasteiger partial charge is 0.243 e. The van der Waals surface area contributed by atoms with Gasteiger partial charge in [-0.2, -0.15) is 8.61 Å². The normalized spacial score (nSPS) is 23.3. The van der Waals surface area contributed by atoms with E-state index in [4.69, 9.17) is 0 Å². The number of aryl methyl sites for hydroxylation is 2. The first-order valence-corrected chi connectivity index (χ1v) is 12.9. The van der Waals surface area contributed by atoms with E-state index in [0.717, 1.165) is 11.1 Å². The highest BCUT2D eigenvalue weighted by atomic mass is 32.2. The second-order valence-corrected chi connectivity index (χ2v) is 12.0. The average molecular weight is 447 g/mol. The molecule has 2 atom stereocenters. The molecule has 2 aliphatic heterocycles. The van der Waals surface area contributed by atoms with Crippen LogP contribution in [0.3, 0.4) is 0 Å². The molecule has 0 N–H and O–H groups in total. The molecule has 0 saturated carbocycles. The van der Waals surface area contributed by atoms with Crippen molar-refractivity contribution in [2.75, 3.05) is 26.2 Å². The highest BCUT2D eigenvalue weighted by molar-refractivity contribution is 7.89. The third-order valence-electron chi connectivity index (χ3n) is 5.91. The van der Waals surface area contributed by atoms with Crippen LogP contribution in [0.4, 0.5) is 0 Å². The van der Waals surface area contributed by atoms with Crippen molar-refractivity contribution in [2.45, 2.75) is 23.6 Å². The molecule has 0 aliphatic carbocycles. The molecule has 2 aromatic rings. The summed E-state index contributed by atoms with van der Waals surface area (Å²) in [5.41, 5.74) is 2.00. The zero-order valence-electron chi connectivity index (χ0n) is 17.1. The SMILES string of the molecule is Cc1ccc(S(=O)(=O)N2CC=CC3CN(S(=O)(=O)c4ccc(C)cc4)CC3C2)cc1. The van der Waals surface area contributed by atoms with Crippen LogP contribution in [0.15, 0.2) is 70.5 Å². The van der Waals surface area contributed by atoms with Crippen molar-refractivity contribution in [3.8, 4) is 0 Å². The third kappa shape index (κ3) is 3.97. The first kappa shape index (κ1) is 21.2. The maximum atomic E-state index is 13.1. The summed E-state index contributed by atoms with van der Waals surface area (Å²) in [5, 5.41) is 0. The summed E-state index contributed by atoms with van der Waals surface area (Å²) >= 11 is 0. The molecule has 2 aliphatic rings. The van der Waals surface area contributed by atoms with E-state index in [1.54, 1.807) is 48.5 Å². The Morgan fingerprint density at radius 1 is 0.700 bits per heavy atom. The van der Waals surface area contributed by atoms with E-state index in [0.29, 0.717) is 26.2 Å². The smallest absolute Gasteiger partial charge is 0.207 e. The standard InChI is InChI=1S/C22H26N2O4S2/c1-17-5-9-21(10-6-17)29(25,26)23-13-3-4-19-14-24(16-20(19)15-23)30(27,28)22-11-7-18(2)8-12-22/h3-12,19-20H,13-16H2,1-2H3. The molecular weight excluding hydrogens is 420 g/mol. The van der Waals surface area contributed by atoms with E-state index < -0.39 is 20.0 Å². The quantitative estimate of drug-likeness (QED) is 0.677. The van der Waals surface area contributed by atoms with Gasteiger partial charge >= 0.3 is 0 Å². The molecule has 0 bridgehead atoms. The predicted molar refractivity (Wildman–Crippen MR) is 116 cm³/mol. The maximum Gasteiger partial charge on any atom is 0.243 e. The fourth-order valence-electron chi connectivity index (χ4n) is 4.07. The zero-order valence-corrected chi connectivity index (χ0v) is 18.7. The maximum absolute atomic E-state index is 13.1. The highest BCUT2D eigenvalue weighted by Crippen LogP contribution is 2.33. The number of hydrogen-bond acceptors (Lipinski definition) is 4. The first-order valence-electron chi connectivity index (χ1n) is 9.98. The highest BCUT2D eigenvalue weighted by Gasteiger charge is 2.41. The van der Waals surface area contributed by atoms with Gasteiger partial charge in [0.15, 0.2) is 0 Å². The lowest BCUT2D eigenvalue weighted by molar-refractivity contribution is 0.354. The van der Waals surface area contributed by atoms with Crippen molar-refractivity contribution in [2.24, 2.45) is 11.8 Å². The van der Waals surface area contributed by atoms with Crippen molar-refractivity contribution in [3.63, 3.8) is 0 Å². The van der Waals surface area contributed by atoms with Gasteiger partial charge in [0.1, 0.15) is 0 Å². The van der Waals surface area contributed by atoms with Crippen LogP contribution < -0.4 is 0 Å². The van der Waals surface area contributed by atoms with Gasteiger partial charge in [-0.05, 0) is 49.9 Å². The minimum Gasteiger partial charge on any atom is -0.207 e. The second-order valence-electron chi connectivity index (χ2n) is 8.12. The Hall–Kier alpha value is -2.00. The summed E-state index contributed by atoms with van der Waals surface area (Å²) in [5.74, 6) is -0.0763. The van der Waals surface area contributed by atoms with Crippen LogP contribution >= 0.6 is 0 Å². The summed E-state index contributed by atoms with van der Waals surface area (Å²) in [6, 6.07) is 13.7. The Morgan fingerprint density at radius 2 is 1.17 bits per heavy atom. The minimum absolute atomic E-state index is 0.00319. The molecule has 0 radical (unpaired) electrons. The first-order chi connectivity index (χ1) is 14.2. The topological polar surface area (TPSA) is 74.8 Å². The van der Waals surface area contributed by atoms with Crippen molar-refractivity contribution in [1.29, 1.82) is 0 Å². The van der Waals surface area contributed by atoms with Crippen molar-refractivity contribution >= 4 is 20.0 Å². The Labute approximate surface area is 178 Å². The molecule has 6 nitrogen and oxygen atoms in total. The number of nitrogens with zero attached hydrogens (tertiary/aromatic N) is 2. The van der Waals surface area contributed by atoms with Crippen molar-refractivity contribution in [1.82, 2.24) is 8.61 Å². The molecule has 2 heterocycles. The van der Waals surface area contributed by atoms with Gasteiger partial charge in [0.2, 0.25) is 20.0 Å². The third-order valence-corrected chi connectivity index (χ3v) is 9.60. The Balaban J connectivity index is 1.56. The molecule has 0 spiro atoms. The van der Waals surface area contributed by atoms with Crippen molar-refractivity contribution < 1.29 is 16.8 Å². The lowest BCUT2D eigenvalue weighted by Crippen LogP contribution is -2.37. The number of benzene rings is 2. The number of rotatable bonds is 4. The van der Waals surface area contributed by atoms with Crippen LogP contribution in [0, 0.1) is 25.7 Å². The molecule has 8 heteroatoms. The number of fused-ring (bicyclic) bond motifs is 1. The predicted octanol–water partition coefficient (Wildman–Crippen LogP) is 2.80. The number of hydrogen-bond donors (Lipinski definition) is 0. The molecule has 160 valence electrons. The average Bonchev–Trinajstić information content (AvgIpc) is 3.01. The Kier molecular flexibility index (Phi) is 5.61. The van der Waals surface area contributed by atoms with Gasteiger partial charge in [-0.25, -0.2) is 16.8 Å². The van der Waals surface area contributed by atoms with Gasteiger partial charge < -0.3 is 0 Å². The minimum atomic E-state index is -3.64. The molecule has 0 aromatic heterocycles. The lowest BCUT2D eigenvalue weighted by Gasteiger charge is -2.24. The van der Waals surface area contributed by atoms with E-state index in [-0.39, 0.29) is 21.6 Å². The molecule has 2 aromatic carbocycles. The molecular formula is C22H26N2O4S2. The summed E-state index contributed by atoms with van der Waals surface area (Å²) in [6.07, 6.45) is 3.82. The van der Waals surface area contributed by atoms with Gasteiger partial charge in [0.25, 0.3) is 0 Å². The molecule has 0 amide bonds. The van der Waals surface area contributed by atoms with E-state index in [1.165, 1.54) is 8.61 Å². The zero-order chi connectivity index (χ0) is 21.5. The van der Waals surface area contributed by atoms with E-state index >= 15 is 0 Å². The summed E-state index contributed by atoms with van der Waals surface area (Å²) in [4.78, 5) is 0.541. The summed E-state index contributed by atoms with van der Waals surface area (Å²) < 4.78 is 55.4.